The summed E-state index contributed by atoms with van der Waals surface area (Å²) >= 11 is 1.44. The van der Waals surface area contributed by atoms with Gasteiger partial charge in [-0.2, -0.15) is 0 Å². The number of nitrogens with zero attached hydrogens (tertiary/aromatic N) is 5. The van der Waals surface area contributed by atoms with Crippen molar-refractivity contribution in [1.82, 2.24) is 35.4 Å². The van der Waals surface area contributed by atoms with Crippen LogP contribution in [0, 0.1) is 11.8 Å². The average molecular weight is 492 g/mol. The predicted molar refractivity (Wildman–Crippen MR) is 122 cm³/mol. The number of aromatic nitrogens is 3. The highest BCUT2D eigenvalue weighted by Gasteiger charge is 2.60. The van der Waals surface area contributed by atoms with Crippen LogP contribution in [-0.4, -0.2) is 97.6 Å². The van der Waals surface area contributed by atoms with Crippen molar-refractivity contribution in [2.75, 3.05) is 20.6 Å². The lowest BCUT2D eigenvalue weighted by Gasteiger charge is -2.47. The first-order chi connectivity index (χ1) is 16.1. The van der Waals surface area contributed by atoms with E-state index in [0.29, 0.717) is 17.9 Å². The highest BCUT2D eigenvalue weighted by atomic mass is 32.2. The first kappa shape index (κ1) is 24.2. The molecule has 34 heavy (non-hydrogen) atoms. The van der Waals surface area contributed by atoms with Gasteiger partial charge in [0.2, 0.25) is 17.7 Å². The Morgan fingerprint density at radius 3 is 2.74 bits per heavy atom. The van der Waals surface area contributed by atoms with Gasteiger partial charge in [-0.3, -0.25) is 14.4 Å². The van der Waals surface area contributed by atoms with Gasteiger partial charge in [0.1, 0.15) is 12.2 Å². The van der Waals surface area contributed by atoms with Crippen molar-refractivity contribution in [3.8, 4) is 0 Å². The fourth-order valence-corrected chi connectivity index (χ4v) is 6.50. The lowest BCUT2D eigenvalue weighted by Crippen LogP contribution is -2.66. The molecule has 0 aromatic carbocycles. The minimum absolute atomic E-state index is 0.00970. The number of amides is 3. The zero-order valence-electron chi connectivity index (χ0n) is 19.5. The first-order valence-electron chi connectivity index (χ1n) is 11.1. The Hall–Kier alpha value is -2.93. The van der Waals surface area contributed by atoms with Gasteiger partial charge in [-0.1, -0.05) is 12.1 Å². The molecule has 4 heterocycles. The molecule has 3 amide bonds. The van der Waals surface area contributed by atoms with E-state index in [-0.39, 0.29) is 53.2 Å². The minimum Gasteiger partial charge on any atom is -0.477 e. The van der Waals surface area contributed by atoms with Gasteiger partial charge in [-0.25, -0.2) is 9.48 Å². The molecule has 6 atom stereocenters. The van der Waals surface area contributed by atoms with Gasteiger partial charge in [0, 0.05) is 49.0 Å². The summed E-state index contributed by atoms with van der Waals surface area (Å²) in [5.74, 6) is -2.47. The van der Waals surface area contributed by atoms with Gasteiger partial charge in [0.05, 0.1) is 24.2 Å². The molecule has 0 bridgehead atoms. The summed E-state index contributed by atoms with van der Waals surface area (Å²) in [4.78, 5) is 53.4. The number of carbonyl (C=O) groups is 4. The van der Waals surface area contributed by atoms with Crippen LogP contribution in [-0.2, 0) is 25.7 Å². The molecule has 3 N–H and O–H groups in total. The van der Waals surface area contributed by atoms with Crippen LogP contribution in [0.3, 0.4) is 0 Å². The van der Waals surface area contributed by atoms with Crippen molar-refractivity contribution in [1.29, 1.82) is 0 Å². The van der Waals surface area contributed by atoms with Gasteiger partial charge < -0.3 is 25.5 Å². The van der Waals surface area contributed by atoms with Crippen molar-refractivity contribution >= 4 is 35.5 Å². The summed E-state index contributed by atoms with van der Waals surface area (Å²) in [5.41, 5.74) is 0.0206. The summed E-state index contributed by atoms with van der Waals surface area (Å²) in [5, 5.41) is 23.4. The van der Waals surface area contributed by atoms with Gasteiger partial charge in [-0.05, 0) is 13.3 Å². The first-order valence-corrected chi connectivity index (χ1v) is 12.0. The molecular formula is C21H29N7O5S. The fourth-order valence-electron chi connectivity index (χ4n) is 5.02. The van der Waals surface area contributed by atoms with E-state index in [1.54, 1.807) is 32.1 Å². The molecule has 13 heteroatoms. The molecule has 3 aliphatic rings. The number of aliphatic carboxylic acids is 1. The molecule has 0 radical (unpaired) electrons. The van der Waals surface area contributed by atoms with Gasteiger partial charge in [0.15, 0.2) is 0 Å². The third-order valence-electron chi connectivity index (χ3n) is 6.62. The number of thioether (sulfide) groups is 1. The van der Waals surface area contributed by atoms with Crippen LogP contribution in [0.25, 0.3) is 0 Å². The number of carboxylic acid groups (broad SMARTS) is 1. The Morgan fingerprint density at radius 1 is 1.38 bits per heavy atom. The number of hydrogen-bond acceptors (Lipinski definition) is 8. The number of rotatable bonds is 8. The zero-order valence-corrected chi connectivity index (χ0v) is 20.3. The highest BCUT2D eigenvalue weighted by Crippen LogP contribution is 2.51. The quantitative estimate of drug-likeness (QED) is 0.394. The smallest absolute Gasteiger partial charge is 0.353 e. The van der Waals surface area contributed by atoms with Gasteiger partial charge in [0.25, 0.3) is 0 Å². The number of likely N-dealkylation sites (N-methyl/N-ethyl adjacent to an activating group) is 1. The normalized spacial score (nSPS) is 29.0. The van der Waals surface area contributed by atoms with Crippen LogP contribution in [0.1, 0.15) is 20.3 Å². The molecule has 184 valence electrons. The fraction of sp³-hybridized carbons (Fsp3) is 0.619. The molecule has 0 unspecified atom stereocenters. The molecule has 0 saturated carbocycles. The number of carbonyl (C=O) groups excluding carboxylic acids is 3. The number of nitrogens with one attached hydrogen (secondary N) is 2. The number of fused-ring (bicyclic) bond motifs is 1. The molecular weight excluding hydrogens is 462 g/mol. The van der Waals surface area contributed by atoms with Crippen LogP contribution < -0.4 is 10.6 Å². The topological polar surface area (TPSA) is 150 Å². The van der Waals surface area contributed by atoms with Crippen LogP contribution in [0.15, 0.2) is 23.0 Å². The van der Waals surface area contributed by atoms with E-state index in [9.17, 15) is 24.3 Å². The summed E-state index contributed by atoms with van der Waals surface area (Å²) in [6.07, 6.45) is 3.63. The van der Waals surface area contributed by atoms with Crippen LogP contribution in [0.5, 0.6) is 0 Å². The molecule has 0 aliphatic carbocycles. The van der Waals surface area contributed by atoms with Crippen molar-refractivity contribution in [3.05, 3.63) is 23.0 Å². The molecule has 2 saturated heterocycles. The maximum absolute atomic E-state index is 13.0. The molecule has 1 aromatic rings. The van der Waals surface area contributed by atoms with Gasteiger partial charge in [-0.15, -0.1) is 16.9 Å². The Labute approximate surface area is 201 Å². The Bertz CT molecular complexity index is 1030. The second kappa shape index (κ2) is 9.37. The minimum atomic E-state index is -1.14. The summed E-state index contributed by atoms with van der Waals surface area (Å²) in [6, 6.07) is -1.11. The third kappa shape index (κ3) is 4.29. The average Bonchev–Trinajstić information content (AvgIpc) is 3.48. The van der Waals surface area contributed by atoms with Crippen LogP contribution in [0.2, 0.25) is 0 Å². The summed E-state index contributed by atoms with van der Waals surface area (Å²) < 4.78 is 1.39. The highest BCUT2D eigenvalue weighted by molar-refractivity contribution is 8.03. The standard InChI is InChI=1S/C21H29N7O5S/c1-10-16-15(11(2)24-14(29)9-27-6-5-23-25-27)20(31)28(16)17(21(32)33)18(10)34-12-7-13(22-8-12)19(30)26(3)4/h5-6,10-13,15-16,22H,7-9H2,1-4H3,(H,24,29)(H,32,33)/t10-,11-,12+,13+,15-,16-/m1/s1. The maximum Gasteiger partial charge on any atom is 0.353 e. The van der Waals surface area contributed by atoms with E-state index in [1.807, 2.05) is 6.92 Å². The van der Waals surface area contributed by atoms with E-state index in [4.69, 9.17) is 0 Å². The largest absolute Gasteiger partial charge is 0.477 e. The molecule has 4 rings (SSSR count). The van der Waals surface area contributed by atoms with E-state index in [2.05, 4.69) is 20.9 Å². The SMILES string of the molecule is C[C@@H](NC(=O)Cn1ccnn1)[C@H]1C(=O)N2C(C(=O)O)=C(S[C@@H]3CN[C@H](C(=O)N(C)C)C3)[C@H](C)[C@H]12. The Kier molecular flexibility index (Phi) is 6.67. The van der Waals surface area contributed by atoms with E-state index in [0.717, 1.165) is 0 Å². The van der Waals surface area contributed by atoms with Crippen molar-refractivity contribution in [3.63, 3.8) is 0 Å². The monoisotopic (exact) mass is 491 g/mol. The number of carboxylic acids is 1. The van der Waals surface area contributed by atoms with Crippen molar-refractivity contribution in [2.45, 2.75) is 50.2 Å². The summed E-state index contributed by atoms with van der Waals surface area (Å²) in [7, 11) is 3.41. The second-order valence-electron chi connectivity index (χ2n) is 9.16. The number of hydrogen-bond donors (Lipinski definition) is 3. The lowest BCUT2D eigenvalue weighted by atomic mass is 9.78. The third-order valence-corrected chi connectivity index (χ3v) is 8.13. The second-order valence-corrected chi connectivity index (χ2v) is 10.5. The molecule has 12 nitrogen and oxygen atoms in total. The Morgan fingerprint density at radius 2 is 2.12 bits per heavy atom. The van der Waals surface area contributed by atoms with Crippen LogP contribution in [0.4, 0.5) is 0 Å². The maximum atomic E-state index is 13.0. The van der Waals surface area contributed by atoms with Gasteiger partial charge >= 0.3 is 5.97 Å². The van der Waals surface area contributed by atoms with E-state index in [1.165, 1.54) is 27.5 Å². The zero-order chi connectivity index (χ0) is 24.7. The number of β-lactam (4-membered cyclic amide) rings is 1. The molecule has 0 spiro atoms. The summed E-state index contributed by atoms with van der Waals surface area (Å²) in [6.45, 7) is 4.24. The predicted octanol–water partition coefficient (Wildman–Crippen LogP) is -0.892. The van der Waals surface area contributed by atoms with Crippen molar-refractivity contribution in [2.24, 2.45) is 11.8 Å². The van der Waals surface area contributed by atoms with E-state index < -0.39 is 17.9 Å². The molecule has 3 aliphatic heterocycles. The molecule has 1 aromatic heterocycles. The lowest BCUT2D eigenvalue weighted by molar-refractivity contribution is -0.158. The Balaban J connectivity index is 1.44. The van der Waals surface area contributed by atoms with Crippen molar-refractivity contribution < 1.29 is 24.3 Å². The van der Waals surface area contributed by atoms with Crippen LogP contribution >= 0.6 is 11.8 Å². The van der Waals surface area contributed by atoms with E-state index >= 15 is 0 Å². The molecule has 2 fully saturated rings.